The van der Waals surface area contributed by atoms with Crippen molar-refractivity contribution in [2.24, 2.45) is 0 Å². The van der Waals surface area contributed by atoms with Gasteiger partial charge in [0.2, 0.25) is 15.9 Å². The number of hydrogen-bond acceptors (Lipinski definition) is 6. The van der Waals surface area contributed by atoms with Crippen LogP contribution in [0.25, 0.3) is 0 Å². The minimum Gasteiger partial charge on any atom is -0.378 e. The van der Waals surface area contributed by atoms with Crippen molar-refractivity contribution in [2.75, 3.05) is 58.3 Å². The summed E-state index contributed by atoms with van der Waals surface area (Å²) in [5.41, 5.74) is 0.491. The minimum absolute atomic E-state index is 0.0141. The monoisotopic (exact) mass is 396 g/mol. The maximum atomic E-state index is 13.0. The molecule has 2 N–H and O–H groups in total. The van der Waals surface area contributed by atoms with Crippen LogP contribution in [0, 0.1) is 0 Å². The van der Waals surface area contributed by atoms with Crippen molar-refractivity contribution in [3.63, 3.8) is 0 Å². The van der Waals surface area contributed by atoms with Gasteiger partial charge in [-0.1, -0.05) is 6.07 Å². The van der Waals surface area contributed by atoms with E-state index in [1.807, 2.05) is 7.05 Å². The topological polar surface area (TPSA) is 91.0 Å². The van der Waals surface area contributed by atoms with Crippen molar-refractivity contribution in [1.82, 2.24) is 14.5 Å². The van der Waals surface area contributed by atoms with Gasteiger partial charge in [0.15, 0.2) is 0 Å². The summed E-state index contributed by atoms with van der Waals surface area (Å²) in [5.74, 6) is -0.163. The molecule has 2 fully saturated rings. The lowest BCUT2D eigenvalue weighted by Crippen LogP contribution is -2.43. The molecule has 1 aromatic carbocycles. The number of nitrogens with one attached hydrogen (secondary N) is 2. The average molecular weight is 397 g/mol. The highest BCUT2D eigenvalue weighted by Gasteiger charge is 2.26. The summed E-state index contributed by atoms with van der Waals surface area (Å²) in [4.78, 5) is 14.6. The number of anilines is 1. The van der Waals surface area contributed by atoms with Crippen molar-refractivity contribution in [3.8, 4) is 0 Å². The van der Waals surface area contributed by atoms with Crippen LogP contribution in [0.3, 0.4) is 0 Å². The third-order valence-corrected chi connectivity index (χ3v) is 6.76. The van der Waals surface area contributed by atoms with Crippen LogP contribution >= 0.6 is 0 Å². The lowest BCUT2D eigenvalue weighted by molar-refractivity contribution is -0.117. The fraction of sp³-hybridized carbons (Fsp3) is 0.611. The molecule has 0 spiro atoms. The Morgan fingerprint density at radius 1 is 1.30 bits per heavy atom. The number of sulfonamides is 1. The molecule has 0 radical (unpaired) electrons. The fourth-order valence-electron chi connectivity index (χ4n) is 3.33. The van der Waals surface area contributed by atoms with Gasteiger partial charge in [0, 0.05) is 44.3 Å². The van der Waals surface area contributed by atoms with Crippen LogP contribution in [0.15, 0.2) is 29.2 Å². The van der Waals surface area contributed by atoms with Crippen molar-refractivity contribution < 1.29 is 17.9 Å². The number of benzene rings is 1. The summed E-state index contributed by atoms with van der Waals surface area (Å²) in [6, 6.07) is 6.47. The van der Waals surface area contributed by atoms with Crippen LogP contribution < -0.4 is 10.6 Å². The minimum atomic E-state index is -3.57. The van der Waals surface area contributed by atoms with Gasteiger partial charge in [0.1, 0.15) is 0 Å². The highest BCUT2D eigenvalue weighted by molar-refractivity contribution is 7.89. The van der Waals surface area contributed by atoms with Crippen molar-refractivity contribution in [1.29, 1.82) is 0 Å². The molecule has 1 aromatic rings. The molecule has 2 heterocycles. The summed E-state index contributed by atoms with van der Waals surface area (Å²) in [6.45, 7) is 4.48. The number of ether oxygens (including phenoxy) is 1. The molecule has 1 amide bonds. The predicted octanol–water partition coefficient (Wildman–Crippen LogP) is 0.330. The number of morpholine rings is 1. The number of carbonyl (C=O) groups is 1. The van der Waals surface area contributed by atoms with Crippen molar-refractivity contribution in [2.45, 2.75) is 23.8 Å². The van der Waals surface area contributed by atoms with Crippen LogP contribution in [0.5, 0.6) is 0 Å². The highest BCUT2D eigenvalue weighted by Crippen LogP contribution is 2.21. The lowest BCUT2D eigenvalue weighted by atomic mass is 10.2. The van der Waals surface area contributed by atoms with Gasteiger partial charge in [-0.25, -0.2) is 8.42 Å². The zero-order chi connectivity index (χ0) is 19.3. The van der Waals surface area contributed by atoms with E-state index in [4.69, 9.17) is 4.74 Å². The molecular weight excluding hydrogens is 368 g/mol. The Bertz CT molecular complexity index is 749. The molecule has 0 saturated carbocycles. The molecule has 0 aliphatic carbocycles. The molecule has 2 aliphatic rings. The highest BCUT2D eigenvalue weighted by atomic mass is 32.2. The molecule has 2 aliphatic heterocycles. The number of carbonyl (C=O) groups excluding carboxylic acids is 1. The number of likely N-dealkylation sites (N-methyl/N-ethyl adjacent to an activating group) is 1. The molecule has 150 valence electrons. The molecule has 1 unspecified atom stereocenters. The van der Waals surface area contributed by atoms with Crippen LogP contribution in [0.1, 0.15) is 12.8 Å². The zero-order valence-electron chi connectivity index (χ0n) is 15.7. The largest absolute Gasteiger partial charge is 0.378 e. The summed E-state index contributed by atoms with van der Waals surface area (Å²) >= 11 is 0. The second-order valence-electron chi connectivity index (χ2n) is 7.07. The molecule has 27 heavy (non-hydrogen) atoms. The van der Waals surface area contributed by atoms with Gasteiger partial charge >= 0.3 is 0 Å². The van der Waals surface area contributed by atoms with Crippen LogP contribution in [0.2, 0.25) is 0 Å². The number of nitrogens with zero attached hydrogens (tertiary/aromatic N) is 2. The third-order valence-electron chi connectivity index (χ3n) is 4.86. The molecule has 3 rings (SSSR count). The Labute approximate surface area is 160 Å². The smallest absolute Gasteiger partial charge is 0.243 e. The van der Waals surface area contributed by atoms with Gasteiger partial charge in [-0.3, -0.25) is 4.79 Å². The number of rotatable bonds is 5. The average Bonchev–Trinajstić information content (AvgIpc) is 2.87. The Morgan fingerprint density at radius 3 is 2.93 bits per heavy atom. The second kappa shape index (κ2) is 9.11. The van der Waals surface area contributed by atoms with Crippen LogP contribution in [-0.2, 0) is 19.6 Å². The van der Waals surface area contributed by atoms with E-state index in [1.165, 1.54) is 10.4 Å². The van der Waals surface area contributed by atoms with Crippen molar-refractivity contribution >= 4 is 21.6 Å². The summed E-state index contributed by atoms with van der Waals surface area (Å²) < 4.78 is 32.8. The van der Waals surface area contributed by atoms with Gasteiger partial charge in [0.05, 0.1) is 18.1 Å². The number of hydrogen-bond donors (Lipinski definition) is 2. The lowest BCUT2D eigenvalue weighted by Gasteiger charge is -2.23. The second-order valence-corrected chi connectivity index (χ2v) is 9.00. The Balaban J connectivity index is 1.66. The Hall–Kier alpha value is -1.52. The molecule has 0 aromatic heterocycles. The first-order chi connectivity index (χ1) is 12.9. The Kier molecular flexibility index (Phi) is 6.83. The van der Waals surface area contributed by atoms with E-state index in [9.17, 15) is 13.2 Å². The molecule has 9 heteroatoms. The first kappa shape index (κ1) is 20.2. The predicted molar refractivity (Wildman–Crippen MR) is 103 cm³/mol. The quantitative estimate of drug-likeness (QED) is 0.745. The van der Waals surface area contributed by atoms with E-state index >= 15 is 0 Å². The first-order valence-corrected chi connectivity index (χ1v) is 10.8. The molecule has 8 nitrogen and oxygen atoms in total. The van der Waals surface area contributed by atoms with Gasteiger partial charge in [0.25, 0.3) is 0 Å². The van der Waals surface area contributed by atoms with E-state index in [0.717, 1.165) is 19.5 Å². The van der Waals surface area contributed by atoms with E-state index in [0.29, 0.717) is 38.5 Å². The fourth-order valence-corrected chi connectivity index (χ4v) is 4.85. The maximum absolute atomic E-state index is 13.0. The first-order valence-electron chi connectivity index (χ1n) is 9.35. The molecule has 1 atom stereocenters. The van der Waals surface area contributed by atoms with Crippen LogP contribution in [0.4, 0.5) is 5.69 Å². The van der Waals surface area contributed by atoms with E-state index in [2.05, 4.69) is 15.5 Å². The van der Waals surface area contributed by atoms with E-state index in [-0.39, 0.29) is 23.3 Å². The number of amides is 1. The van der Waals surface area contributed by atoms with E-state index < -0.39 is 10.0 Å². The summed E-state index contributed by atoms with van der Waals surface area (Å²) in [6.07, 6.45) is 1.10. The van der Waals surface area contributed by atoms with Gasteiger partial charge in [-0.15, -0.1) is 0 Å². The van der Waals surface area contributed by atoms with Gasteiger partial charge in [-0.2, -0.15) is 4.31 Å². The summed E-state index contributed by atoms with van der Waals surface area (Å²) in [7, 11) is -1.57. The standard InChI is InChI=1S/C18H28N4O4S/c1-21-7-3-8-22(10-9-21)27(24,25)17-5-2-4-15(12-17)20-18(23)13-16-14-26-11-6-19-16/h2,4-5,12,16,19H,3,6-11,13-14H2,1H3,(H,20,23). The molecule has 0 bridgehead atoms. The van der Waals surface area contributed by atoms with Gasteiger partial charge < -0.3 is 20.3 Å². The normalized spacial score (nSPS) is 22.9. The van der Waals surface area contributed by atoms with Crippen molar-refractivity contribution in [3.05, 3.63) is 24.3 Å². The molecular formula is C18H28N4O4S. The maximum Gasteiger partial charge on any atom is 0.243 e. The van der Waals surface area contributed by atoms with Crippen LogP contribution in [-0.4, -0.2) is 82.6 Å². The zero-order valence-corrected chi connectivity index (χ0v) is 16.5. The SMILES string of the molecule is CN1CCCN(S(=O)(=O)c2cccc(NC(=O)CC3COCCN3)c2)CC1. The van der Waals surface area contributed by atoms with E-state index in [1.54, 1.807) is 18.2 Å². The Morgan fingerprint density at radius 2 is 2.15 bits per heavy atom. The summed E-state index contributed by atoms with van der Waals surface area (Å²) in [5, 5.41) is 6.03. The van der Waals surface area contributed by atoms with Gasteiger partial charge in [-0.05, 0) is 38.2 Å². The third kappa shape index (κ3) is 5.49. The molecule has 2 saturated heterocycles.